The van der Waals surface area contributed by atoms with Crippen LogP contribution in [-0.2, 0) is 5.54 Å². The van der Waals surface area contributed by atoms with Crippen molar-refractivity contribution >= 4 is 17.4 Å². The van der Waals surface area contributed by atoms with E-state index in [2.05, 4.69) is 43.5 Å². The van der Waals surface area contributed by atoms with Gasteiger partial charge in [-0.2, -0.15) is 4.98 Å². The number of halogens is 1. The molecule has 0 saturated carbocycles. The zero-order valence-electron chi connectivity index (χ0n) is 13.0. The molecule has 0 N–H and O–H groups in total. The number of hydrogen-bond donors (Lipinski definition) is 0. The summed E-state index contributed by atoms with van der Waals surface area (Å²) in [5.41, 5.74) is 0.804. The van der Waals surface area contributed by atoms with Crippen molar-refractivity contribution in [1.29, 1.82) is 0 Å². The van der Waals surface area contributed by atoms with E-state index in [0.717, 1.165) is 48.8 Å². The Labute approximate surface area is 134 Å². The van der Waals surface area contributed by atoms with E-state index in [1.165, 1.54) is 0 Å². The van der Waals surface area contributed by atoms with Crippen LogP contribution >= 0.6 is 11.6 Å². The van der Waals surface area contributed by atoms with Crippen LogP contribution in [0.25, 0.3) is 5.69 Å². The molecule has 7 heteroatoms. The number of fused-ring (bicyclic) bond motifs is 6. The predicted octanol–water partition coefficient (Wildman–Crippen LogP) is 3.02. The zero-order chi connectivity index (χ0) is 15.5. The number of aromatic nitrogens is 5. The minimum atomic E-state index is -0.132. The summed E-state index contributed by atoms with van der Waals surface area (Å²) in [5.74, 6) is 2.80. The summed E-state index contributed by atoms with van der Waals surface area (Å²) in [4.78, 5) is 11.2. The lowest BCUT2D eigenvalue weighted by Gasteiger charge is -2.44. The van der Waals surface area contributed by atoms with Crippen LogP contribution in [0.2, 0.25) is 5.28 Å². The molecule has 0 aromatic carbocycles. The largest absolute Gasteiger partial charge is 0.339 e. The van der Waals surface area contributed by atoms with E-state index in [0.29, 0.717) is 11.3 Å². The Hall–Kier alpha value is -1.69. The summed E-state index contributed by atoms with van der Waals surface area (Å²) in [5, 5.41) is 9.13. The maximum absolute atomic E-state index is 6.10. The van der Waals surface area contributed by atoms with Gasteiger partial charge < -0.3 is 4.90 Å². The molecule has 0 radical (unpaired) electrons. The summed E-state index contributed by atoms with van der Waals surface area (Å²) < 4.78 is 2.10. The number of rotatable bonds is 2. The third-order valence-corrected chi connectivity index (χ3v) is 5.39. The maximum atomic E-state index is 6.10. The predicted molar refractivity (Wildman–Crippen MR) is 84.5 cm³/mol. The van der Waals surface area contributed by atoms with Crippen molar-refractivity contribution < 1.29 is 0 Å². The van der Waals surface area contributed by atoms with Crippen LogP contribution in [0.1, 0.15) is 51.2 Å². The molecule has 116 valence electrons. The summed E-state index contributed by atoms with van der Waals surface area (Å²) in [7, 11) is 0. The molecule has 0 amide bonds. The molecule has 2 aromatic rings. The molecule has 0 bridgehead atoms. The normalized spacial score (nSPS) is 25.8. The Morgan fingerprint density at radius 1 is 1.36 bits per heavy atom. The van der Waals surface area contributed by atoms with Crippen molar-refractivity contribution in [2.75, 3.05) is 4.90 Å². The van der Waals surface area contributed by atoms with E-state index in [9.17, 15) is 0 Å². The van der Waals surface area contributed by atoms with Gasteiger partial charge in [-0.1, -0.05) is 13.8 Å². The second-order valence-corrected chi connectivity index (χ2v) is 6.45. The van der Waals surface area contributed by atoms with Gasteiger partial charge in [0.1, 0.15) is 17.1 Å². The molecule has 0 unspecified atom stereocenters. The van der Waals surface area contributed by atoms with Gasteiger partial charge in [0.25, 0.3) is 0 Å². The van der Waals surface area contributed by atoms with E-state index in [4.69, 9.17) is 11.6 Å². The van der Waals surface area contributed by atoms with Crippen LogP contribution in [0.15, 0.2) is 6.20 Å². The first-order chi connectivity index (χ1) is 10.6. The first-order valence-electron chi connectivity index (χ1n) is 7.87. The highest BCUT2D eigenvalue weighted by Gasteiger charge is 2.53. The quantitative estimate of drug-likeness (QED) is 0.797. The Morgan fingerprint density at radius 3 is 2.91 bits per heavy atom. The molecule has 6 nitrogen and oxygen atoms in total. The van der Waals surface area contributed by atoms with E-state index in [1.807, 2.05) is 6.92 Å². The van der Waals surface area contributed by atoms with Crippen LogP contribution in [-0.4, -0.2) is 30.8 Å². The van der Waals surface area contributed by atoms with Crippen LogP contribution in [0.3, 0.4) is 0 Å². The Bertz CT molecular complexity index is 742. The van der Waals surface area contributed by atoms with E-state index < -0.39 is 0 Å². The molecule has 2 aliphatic rings. The molecule has 4 rings (SSSR count). The van der Waals surface area contributed by atoms with E-state index in [1.54, 1.807) is 6.20 Å². The highest BCUT2D eigenvalue weighted by Crippen LogP contribution is 2.52. The highest BCUT2D eigenvalue weighted by atomic mass is 35.5. The number of nitrogens with zero attached hydrogens (tertiary/aromatic N) is 6. The molecule has 22 heavy (non-hydrogen) atoms. The van der Waals surface area contributed by atoms with Crippen LogP contribution < -0.4 is 4.90 Å². The molecule has 4 heterocycles. The summed E-state index contributed by atoms with van der Waals surface area (Å²) in [6.07, 6.45) is 6.05. The van der Waals surface area contributed by atoms with Crippen molar-refractivity contribution in [1.82, 2.24) is 24.7 Å². The van der Waals surface area contributed by atoms with Crippen LogP contribution in [0.4, 0.5) is 5.82 Å². The average molecular weight is 319 g/mol. The topological polar surface area (TPSA) is 59.7 Å². The van der Waals surface area contributed by atoms with Crippen LogP contribution in [0.5, 0.6) is 0 Å². The number of hydrogen-bond acceptors (Lipinski definition) is 5. The first-order valence-corrected chi connectivity index (χ1v) is 8.25. The fraction of sp³-hybridized carbons (Fsp3) is 0.600. The molecule has 2 aliphatic heterocycles. The second-order valence-electron chi connectivity index (χ2n) is 6.11. The van der Waals surface area contributed by atoms with Gasteiger partial charge in [0.15, 0.2) is 11.6 Å². The van der Waals surface area contributed by atoms with Gasteiger partial charge in [-0.05, 0) is 44.2 Å². The lowest BCUT2D eigenvalue weighted by Crippen LogP contribution is -2.50. The molecule has 0 aliphatic carbocycles. The van der Waals surface area contributed by atoms with Crippen molar-refractivity contribution in [3.63, 3.8) is 0 Å². The van der Waals surface area contributed by atoms with Gasteiger partial charge in [-0.15, -0.1) is 10.2 Å². The Balaban J connectivity index is 2.06. The molecule has 2 atom stereocenters. The van der Waals surface area contributed by atoms with Gasteiger partial charge in [0.05, 0.1) is 6.20 Å². The SMILES string of the molecule is CC[C@@H]1CC[C@@]2(CC)c3nnc(C)n3-c3cnc(Cl)nc3N12. The van der Waals surface area contributed by atoms with Gasteiger partial charge in [-0.25, -0.2) is 4.98 Å². The molecule has 0 spiro atoms. The van der Waals surface area contributed by atoms with E-state index >= 15 is 0 Å². The molecule has 1 fully saturated rings. The zero-order valence-corrected chi connectivity index (χ0v) is 13.8. The fourth-order valence-corrected chi connectivity index (χ4v) is 4.25. The minimum Gasteiger partial charge on any atom is -0.339 e. The van der Waals surface area contributed by atoms with Gasteiger partial charge in [0.2, 0.25) is 5.28 Å². The smallest absolute Gasteiger partial charge is 0.224 e. The third kappa shape index (κ3) is 1.56. The lowest BCUT2D eigenvalue weighted by molar-refractivity contribution is 0.370. The van der Waals surface area contributed by atoms with Gasteiger partial charge in [-0.3, -0.25) is 4.57 Å². The number of anilines is 1. The number of aryl methyl sites for hydroxylation is 1. The Morgan fingerprint density at radius 2 is 2.18 bits per heavy atom. The first kappa shape index (κ1) is 13.9. The fourth-order valence-electron chi connectivity index (χ4n) is 4.12. The second kappa shape index (κ2) is 4.65. The molecular formula is C15H19ClN6. The molecule has 2 aromatic heterocycles. The standard InChI is InChI=1S/C15H19ClN6/c1-4-10-6-7-15(5-2)13-20-19-9(3)21(13)11-8-17-14(16)18-12(11)22(10)15/h8,10H,4-7H2,1-3H3/t10-,15+/m1/s1. The molecule has 1 saturated heterocycles. The highest BCUT2D eigenvalue weighted by molar-refractivity contribution is 6.28. The molecular weight excluding hydrogens is 300 g/mol. The van der Waals surface area contributed by atoms with Crippen molar-refractivity contribution in [3.05, 3.63) is 23.1 Å². The van der Waals surface area contributed by atoms with Crippen molar-refractivity contribution in [3.8, 4) is 5.69 Å². The summed E-state index contributed by atoms with van der Waals surface area (Å²) >= 11 is 6.10. The third-order valence-electron chi connectivity index (χ3n) is 5.20. The van der Waals surface area contributed by atoms with Crippen LogP contribution in [0, 0.1) is 6.92 Å². The maximum Gasteiger partial charge on any atom is 0.224 e. The van der Waals surface area contributed by atoms with E-state index in [-0.39, 0.29) is 5.54 Å². The minimum absolute atomic E-state index is 0.132. The summed E-state index contributed by atoms with van der Waals surface area (Å²) in [6.45, 7) is 6.41. The summed E-state index contributed by atoms with van der Waals surface area (Å²) in [6, 6.07) is 0.454. The van der Waals surface area contributed by atoms with Crippen molar-refractivity contribution in [2.45, 2.75) is 58.0 Å². The Kier molecular flexibility index (Phi) is 2.95. The van der Waals surface area contributed by atoms with Gasteiger partial charge >= 0.3 is 0 Å². The average Bonchev–Trinajstić information content (AvgIpc) is 3.09. The van der Waals surface area contributed by atoms with Gasteiger partial charge in [0, 0.05) is 6.04 Å². The lowest BCUT2D eigenvalue weighted by atomic mass is 9.90. The van der Waals surface area contributed by atoms with Crippen molar-refractivity contribution in [2.24, 2.45) is 0 Å². The monoisotopic (exact) mass is 318 g/mol.